The molecule has 0 bridgehead atoms. The van der Waals surface area contributed by atoms with Crippen molar-refractivity contribution in [3.8, 4) is 0 Å². The highest BCUT2D eigenvalue weighted by atomic mass is 16.1. The summed E-state index contributed by atoms with van der Waals surface area (Å²) in [6.45, 7) is 10.3. The summed E-state index contributed by atoms with van der Waals surface area (Å²) in [6, 6.07) is 10.4. The van der Waals surface area contributed by atoms with Crippen molar-refractivity contribution in [2.24, 2.45) is 0 Å². The molecule has 0 fully saturated rings. The Labute approximate surface area is 125 Å². The van der Waals surface area contributed by atoms with E-state index in [4.69, 9.17) is 0 Å². The van der Waals surface area contributed by atoms with Gasteiger partial charge in [0, 0.05) is 28.9 Å². The van der Waals surface area contributed by atoms with Crippen LogP contribution >= 0.6 is 0 Å². The summed E-state index contributed by atoms with van der Waals surface area (Å²) < 4.78 is 0. The Morgan fingerprint density at radius 2 is 1.38 bits per heavy atom. The van der Waals surface area contributed by atoms with Gasteiger partial charge in [-0.05, 0) is 18.1 Å². The highest BCUT2D eigenvalue weighted by Gasteiger charge is 2.13. The molecule has 0 amide bonds. The molecule has 114 valence electrons. The van der Waals surface area contributed by atoms with Gasteiger partial charge in [-0.3, -0.25) is 9.59 Å². The van der Waals surface area contributed by atoms with Crippen LogP contribution in [-0.4, -0.2) is 9.97 Å². The molecule has 0 aliphatic rings. The maximum absolute atomic E-state index is 10.9. The smallest absolute Gasteiger partial charge is 0.248 e. The van der Waals surface area contributed by atoms with Gasteiger partial charge in [-0.15, -0.1) is 0 Å². The number of rotatable bonds is 1. The lowest BCUT2D eigenvalue weighted by Gasteiger charge is -2.17. The molecule has 4 heteroatoms. The van der Waals surface area contributed by atoms with E-state index in [9.17, 15) is 9.59 Å². The Balaban J connectivity index is 0.000000211. The minimum absolute atomic E-state index is 0.0220. The Morgan fingerprint density at radius 1 is 0.857 bits per heavy atom. The van der Waals surface area contributed by atoms with Gasteiger partial charge < -0.3 is 9.97 Å². The first-order valence-electron chi connectivity index (χ1n) is 7.09. The van der Waals surface area contributed by atoms with E-state index in [1.54, 1.807) is 12.1 Å². The second-order valence-electron chi connectivity index (χ2n) is 6.30. The van der Waals surface area contributed by atoms with E-state index in [0.717, 1.165) is 11.4 Å². The molecule has 0 unspecified atom stereocenters. The third kappa shape index (κ3) is 5.81. The fourth-order valence-corrected chi connectivity index (χ4v) is 1.69. The topological polar surface area (TPSA) is 65.7 Å². The number of pyridine rings is 2. The normalized spacial score (nSPS) is 11.0. The van der Waals surface area contributed by atoms with Crippen LogP contribution in [0.2, 0.25) is 0 Å². The van der Waals surface area contributed by atoms with Crippen LogP contribution in [0.3, 0.4) is 0 Å². The second-order valence-corrected chi connectivity index (χ2v) is 6.30. The van der Waals surface area contributed by atoms with E-state index in [0.29, 0.717) is 5.92 Å². The standard InChI is InChI=1S/C9H13NO.C8H11NO/c1-9(2,3)7-5-4-6-8(11)10-7;1-6(2)7-4-3-5-8(10)9-7/h4-6H,1-3H3,(H,10,11);3-6H,1-2H3,(H,9,10). The molecule has 4 nitrogen and oxygen atoms in total. The predicted octanol–water partition coefficient (Wildman–Crippen LogP) is 3.17. The Bertz CT molecular complexity index is 676. The van der Waals surface area contributed by atoms with Crippen molar-refractivity contribution in [3.63, 3.8) is 0 Å². The molecule has 0 saturated carbocycles. The second kappa shape index (κ2) is 7.07. The fourth-order valence-electron chi connectivity index (χ4n) is 1.69. The van der Waals surface area contributed by atoms with Gasteiger partial charge in [0.2, 0.25) is 11.1 Å². The number of H-pyrrole nitrogens is 2. The number of aromatic amines is 2. The van der Waals surface area contributed by atoms with Gasteiger partial charge in [0.05, 0.1) is 0 Å². The van der Waals surface area contributed by atoms with Crippen LogP contribution in [0.15, 0.2) is 46.0 Å². The molecule has 0 radical (unpaired) electrons. The summed E-state index contributed by atoms with van der Waals surface area (Å²) in [5, 5.41) is 0. The minimum Gasteiger partial charge on any atom is -0.326 e. The van der Waals surface area contributed by atoms with Crippen molar-refractivity contribution in [1.82, 2.24) is 9.97 Å². The van der Waals surface area contributed by atoms with Gasteiger partial charge in [-0.2, -0.15) is 0 Å². The molecule has 2 aromatic rings. The van der Waals surface area contributed by atoms with Crippen molar-refractivity contribution in [2.75, 3.05) is 0 Å². The van der Waals surface area contributed by atoms with Crippen molar-refractivity contribution >= 4 is 0 Å². The molecule has 21 heavy (non-hydrogen) atoms. The van der Waals surface area contributed by atoms with Gasteiger partial charge in [-0.25, -0.2) is 0 Å². The summed E-state index contributed by atoms with van der Waals surface area (Å²) >= 11 is 0. The lowest BCUT2D eigenvalue weighted by atomic mass is 9.92. The molecular weight excluding hydrogens is 264 g/mol. The first-order valence-corrected chi connectivity index (χ1v) is 7.09. The van der Waals surface area contributed by atoms with E-state index in [-0.39, 0.29) is 16.5 Å². The van der Waals surface area contributed by atoms with E-state index >= 15 is 0 Å². The van der Waals surface area contributed by atoms with E-state index < -0.39 is 0 Å². The van der Waals surface area contributed by atoms with E-state index in [1.165, 1.54) is 12.1 Å². The van der Waals surface area contributed by atoms with Gasteiger partial charge in [0.15, 0.2) is 0 Å². The fraction of sp³-hybridized carbons (Fsp3) is 0.412. The monoisotopic (exact) mass is 288 g/mol. The van der Waals surface area contributed by atoms with Crippen molar-refractivity contribution in [1.29, 1.82) is 0 Å². The molecule has 0 saturated heterocycles. The Morgan fingerprint density at radius 3 is 1.71 bits per heavy atom. The number of nitrogens with one attached hydrogen (secondary N) is 2. The van der Waals surface area contributed by atoms with Gasteiger partial charge >= 0.3 is 0 Å². The van der Waals surface area contributed by atoms with Crippen molar-refractivity contribution in [3.05, 3.63) is 68.5 Å². The van der Waals surface area contributed by atoms with Crippen LogP contribution in [0, 0.1) is 0 Å². The van der Waals surface area contributed by atoms with Crippen LogP contribution in [0.5, 0.6) is 0 Å². The molecule has 0 aliphatic carbocycles. The van der Waals surface area contributed by atoms with E-state index in [1.807, 2.05) is 26.0 Å². The summed E-state index contributed by atoms with van der Waals surface area (Å²) in [5.41, 5.74) is 1.95. The van der Waals surface area contributed by atoms with E-state index in [2.05, 4.69) is 30.7 Å². The average Bonchev–Trinajstić information content (AvgIpc) is 2.38. The lowest BCUT2D eigenvalue weighted by Crippen LogP contribution is -2.18. The summed E-state index contributed by atoms with van der Waals surface area (Å²) in [7, 11) is 0. The maximum Gasteiger partial charge on any atom is 0.248 e. The molecule has 0 spiro atoms. The zero-order valence-electron chi connectivity index (χ0n) is 13.4. The molecule has 0 aromatic carbocycles. The first-order chi connectivity index (χ1) is 9.70. The molecule has 2 heterocycles. The number of hydrogen-bond donors (Lipinski definition) is 2. The Kier molecular flexibility index (Phi) is 5.70. The molecule has 0 aliphatic heterocycles. The maximum atomic E-state index is 10.9. The number of hydrogen-bond acceptors (Lipinski definition) is 2. The van der Waals surface area contributed by atoms with Crippen LogP contribution in [0.1, 0.15) is 51.9 Å². The molecule has 2 rings (SSSR count). The third-order valence-electron chi connectivity index (χ3n) is 2.99. The van der Waals surface area contributed by atoms with Crippen LogP contribution in [0.25, 0.3) is 0 Å². The highest BCUT2D eigenvalue weighted by Crippen LogP contribution is 2.17. The summed E-state index contributed by atoms with van der Waals surface area (Å²) in [6.07, 6.45) is 0. The van der Waals surface area contributed by atoms with Crippen molar-refractivity contribution < 1.29 is 0 Å². The number of aromatic nitrogens is 2. The molecular formula is C17H24N2O2. The summed E-state index contributed by atoms with van der Waals surface area (Å²) in [4.78, 5) is 27.2. The SMILES string of the molecule is CC(C)(C)c1cccc(=O)[nH]1.CC(C)c1cccc(=O)[nH]1. The third-order valence-corrected chi connectivity index (χ3v) is 2.99. The zero-order valence-corrected chi connectivity index (χ0v) is 13.4. The largest absolute Gasteiger partial charge is 0.326 e. The predicted molar refractivity (Wildman–Crippen MR) is 86.9 cm³/mol. The average molecular weight is 288 g/mol. The molecule has 2 aromatic heterocycles. The van der Waals surface area contributed by atoms with Crippen molar-refractivity contribution in [2.45, 2.75) is 46.0 Å². The van der Waals surface area contributed by atoms with Gasteiger partial charge in [0.1, 0.15) is 0 Å². The molecule has 0 atom stereocenters. The Hall–Kier alpha value is -2.10. The van der Waals surface area contributed by atoms with Gasteiger partial charge in [-0.1, -0.05) is 46.8 Å². The minimum atomic E-state index is -0.0302. The zero-order chi connectivity index (χ0) is 16.0. The van der Waals surface area contributed by atoms with Crippen LogP contribution < -0.4 is 11.1 Å². The summed E-state index contributed by atoms with van der Waals surface area (Å²) in [5.74, 6) is 0.397. The van der Waals surface area contributed by atoms with Gasteiger partial charge in [0.25, 0.3) is 0 Å². The lowest BCUT2D eigenvalue weighted by molar-refractivity contribution is 0.567. The van der Waals surface area contributed by atoms with Crippen LogP contribution in [0.4, 0.5) is 0 Å². The highest BCUT2D eigenvalue weighted by molar-refractivity contribution is 5.12. The van der Waals surface area contributed by atoms with Crippen LogP contribution in [-0.2, 0) is 5.41 Å². The first kappa shape index (κ1) is 17.0. The quantitative estimate of drug-likeness (QED) is 0.846. The molecule has 2 N–H and O–H groups in total.